The van der Waals surface area contributed by atoms with E-state index in [2.05, 4.69) is 35.3 Å². The highest BCUT2D eigenvalue weighted by molar-refractivity contribution is 6.35. The zero-order valence-electron chi connectivity index (χ0n) is 13.8. The quantitative estimate of drug-likeness (QED) is 0.801. The van der Waals surface area contributed by atoms with Gasteiger partial charge in [-0.3, -0.25) is 9.59 Å². The minimum atomic E-state index is -0.517. The molecule has 2 amide bonds. The highest BCUT2D eigenvalue weighted by Crippen LogP contribution is 2.17. The number of carbonyl (C=O) groups is 2. The average Bonchev–Trinajstić information content (AvgIpc) is 2.45. The van der Waals surface area contributed by atoms with Crippen LogP contribution in [0, 0.1) is 6.92 Å². The van der Waals surface area contributed by atoms with Gasteiger partial charge in [0.25, 0.3) is 0 Å². The van der Waals surface area contributed by atoms with E-state index >= 15 is 0 Å². The molecule has 0 aliphatic carbocycles. The Morgan fingerprint density at radius 3 is 2.27 bits per heavy atom. The summed E-state index contributed by atoms with van der Waals surface area (Å²) in [7, 11) is 0. The molecule has 22 heavy (non-hydrogen) atoms. The summed E-state index contributed by atoms with van der Waals surface area (Å²) in [4.78, 5) is 28.0. The van der Waals surface area contributed by atoms with Crippen LogP contribution in [-0.4, -0.2) is 48.4 Å². The van der Waals surface area contributed by atoms with E-state index in [1.165, 1.54) is 11.3 Å². The molecule has 0 spiro atoms. The topological polar surface area (TPSA) is 52.7 Å². The van der Waals surface area contributed by atoms with Crippen molar-refractivity contribution in [3.05, 3.63) is 29.8 Å². The number of benzene rings is 1. The van der Waals surface area contributed by atoms with Crippen molar-refractivity contribution >= 4 is 17.5 Å². The van der Waals surface area contributed by atoms with Gasteiger partial charge in [-0.1, -0.05) is 12.1 Å². The molecule has 120 valence electrons. The van der Waals surface area contributed by atoms with Gasteiger partial charge in [0.2, 0.25) is 0 Å². The number of nitrogens with zero attached hydrogens (tertiary/aromatic N) is 2. The minimum absolute atomic E-state index is 0.393. The van der Waals surface area contributed by atoms with Crippen molar-refractivity contribution in [2.24, 2.45) is 0 Å². The third-order valence-electron chi connectivity index (χ3n) is 3.62. The summed E-state index contributed by atoms with van der Waals surface area (Å²) < 4.78 is 0. The van der Waals surface area contributed by atoms with Gasteiger partial charge in [0, 0.05) is 37.4 Å². The molecule has 5 heteroatoms. The van der Waals surface area contributed by atoms with Crippen LogP contribution < -0.4 is 10.2 Å². The standard InChI is InChI=1S/C17H25N3O2/c1-13-6-5-7-14(12-13)19-8-10-20(11-9-19)16(22)15(21)18-17(2,3)4/h5-7,12H,8-11H2,1-4H3,(H,18,21). The molecule has 0 unspecified atom stereocenters. The third kappa shape index (κ3) is 4.23. The summed E-state index contributed by atoms with van der Waals surface area (Å²) in [5, 5.41) is 2.72. The number of hydrogen-bond donors (Lipinski definition) is 1. The van der Waals surface area contributed by atoms with Gasteiger partial charge >= 0.3 is 11.8 Å². The van der Waals surface area contributed by atoms with Crippen LogP contribution in [0.5, 0.6) is 0 Å². The Morgan fingerprint density at radius 1 is 1.09 bits per heavy atom. The highest BCUT2D eigenvalue weighted by atomic mass is 16.2. The van der Waals surface area contributed by atoms with Crippen LogP contribution >= 0.6 is 0 Å². The van der Waals surface area contributed by atoms with Crippen molar-refractivity contribution in [1.82, 2.24) is 10.2 Å². The number of aryl methyl sites for hydroxylation is 1. The smallest absolute Gasteiger partial charge is 0.312 e. The van der Waals surface area contributed by atoms with E-state index < -0.39 is 17.4 Å². The van der Waals surface area contributed by atoms with Crippen molar-refractivity contribution < 1.29 is 9.59 Å². The Kier molecular flexibility index (Phi) is 4.74. The molecule has 0 atom stereocenters. The Balaban J connectivity index is 1.92. The van der Waals surface area contributed by atoms with Gasteiger partial charge in [0.15, 0.2) is 0 Å². The molecule has 2 rings (SSSR count). The molecular formula is C17H25N3O2. The van der Waals surface area contributed by atoms with Gasteiger partial charge in [0.1, 0.15) is 0 Å². The number of anilines is 1. The van der Waals surface area contributed by atoms with E-state index in [0.29, 0.717) is 13.1 Å². The number of amides is 2. The maximum absolute atomic E-state index is 12.2. The maximum atomic E-state index is 12.2. The summed E-state index contributed by atoms with van der Waals surface area (Å²) in [6.07, 6.45) is 0. The zero-order chi connectivity index (χ0) is 16.3. The summed E-state index contributed by atoms with van der Waals surface area (Å²) in [5.74, 6) is -0.949. The second-order valence-corrected chi connectivity index (χ2v) is 6.82. The molecule has 1 N–H and O–H groups in total. The summed E-state index contributed by atoms with van der Waals surface area (Å²) in [6.45, 7) is 10.3. The van der Waals surface area contributed by atoms with E-state index in [0.717, 1.165) is 13.1 Å². The monoisotopic (exact) mass is 303 g/mol. The fourth-order valence-corrected chi connectivity index (χ4v) is 2.53. The third-order valence-corrected chi connectivity index (χ3v) is 3.62. The number of rotatable bonds is 1. The predicted molar refractivity (Wildman–Crippen MR) is 87.9 cm³/mol. The van der Waals surface area contributed by atoms with E-state index in [-0.39, 0.29) is 0 Å². The SMILES string of the molecule is Cc1cccc(N2CCN(C(=O)C(=O)NC(C)(C)C)CC2)c1. The molecule has 0 bridgehead atoms. The number of nitrogens with one attached hydrogen (secondary N) is 1. The number of hydrogen-bond acceptors (Lipinski definition) is 3. The lowest BCUT2D eigenvalue weighted by atomic mass is 10.1. The van der Waals surface area contributed by atoms with Gasteiger partial charge in [0.05, 0.1) is 0 Å². The van der Waals surface area contributed by atoms with E-state index in [1.54, 1.807) is 4.90 Å². The Bertz CT molecular complexity index is 555. The molecule has 1 fully saturated rings. The Labute approximate surface area is 132 Å². The Hall–Kier alpha value is -2.04. The van der Waals surface area contributed by atoms with Gasteiger partial charge in [-0.2, -0.15) is 0 Å². The largest absolute Gasteiger partial charge is 0.368 e. The van der Waals surface area contributed by atoms with Crippen LogP contribution in [0.4, 0.5) is 5.69 Å². The van der Waals surface area contributed by atoms with Gasteiger partial charge < -0.3 is 15.1 Å². The number of carbonyl (C=O) groups excluding carboxylic acids is 2. The first-order chi connectivity index (χ1) is 10.3. The predicted octanol–water partition coefficient (Wildman–Crippen LogP) is 1.56. The lowest BCUT2D eigenvalue weighted by Gasteiger charge is -2.36. The molecule has 1 aliphatic heterocycles. The van der Waals surface area contributed by atoms with Crippen molar-refractivity contribution in [2.75, 3.05) is 31.1 Å². The molecule has 5 nitrogen and oxygen atoms in total. The van der Waals surface area contributed by atoms with Crippen LogP contribution in [0.1, 0.15) is 26.3 Å². The van der Waals surface area contributed by atoms with Crippen LogP contribution in [0.25, 0.3) is 0 Å². The molecule has 0 saturated carbocycles. The molecule has 1 aliphatic rings. The van der Waals surface area contributed by atoms with Gasteiger partial charge in [-0.05, 0) is 45.4 Å². The molecule has 1 aromatic rings. The summed E-state index contributed by atoms with van der Waals surface area (Å²) in [5.41, 5.74) is 2.00. The first-order valence-electron chi connectivity index (χ1n) is 7.69. The van der Waals surface area contributed by atoms with Crippen LogP contribution in [-0.2, 0) is 9.59 Å². The van der Waals surface area contributed by atoms with E-state index in [9.17, 15) is 9.59 Å². The molecule has 0 aromatic heterocycles. The fourth-order valence-electron chi connectivity index (χ4n) is 2.53. The number of piperazine rings is 1. The van der Waals surface area contributed by atoms with E-state index in [4.69, 9.17) is 0 Å². The van der Waals surface area contributed by atoms with Crippen LogP contribution in [0.3, 0.4) is 0 Å². The average molecular weight is 303 g/mol. The maximum Gasteiger partial charge on any atom is 0.312 e. The highest BCUT2D eigenvalue weighted by Gasteiger charge is 2.28. The fraction of sp³-hybridized carbons (Fsp3) is 0.529. The second kappa shape index (κ2) is 6.38. The summed E-state index contributed by atoms with van der Waals surface area (Å²) in [6, 6.07) is 8.33. The Morgan fingerprint density at radius 2 is 1.73 bits per heavy atom. The van der Waals surface area contributed by atoms with E-state index in [1.807, 2.05) is 26.8 Å². The normalized spacial score (nSPS) is 15.6. The summed E-state index contributed by atoms with van der Waals surface area (Å²) >= 11 is 0. The second-order valence-electron chi connectivity index (χ2n) is 6.82. The lowest BCUT2D eigenvalue weighted by molar-refractivity contribution is -0.146. The van der Waals surface area contributed by atoms with Crippen molar-refractivity contribution in [1.29, 1.82) is 0 Å². The molecule has 0 radical (unpaired) electrons. The van der Waals surface area contributed by atoms with Crippen molar-refractivity contribution in [3.63, 3.8) is 0 Å². The first kappa shape index (κ1) is 16.3. The lowest BCUT2D eigenvalue weighted by Crippen LogP contribution is -2.55. The van der Waals surface area contributed by atoms with Crippen LogP contribution in [0.2, 0.25) is 0 Å². The zero-order valence-corrected chi connectivity index (χ0v) is 13.8. The van der Waals surface area contributed by atoms with Crippen LogP contribution in [0.15, 0.2) is 24.3 Å². The molecule has 1 saturated heterocycles. The molecular weight excluding hydrogens is 278 g/mol. The molecule has 1 heterocycles. The first-order valence-corrected chi connectivity index (χ1v) is 7.69. The van der Waals surface area contributed by atoms with Gasteiger partial charge in [-0.25, -0.2) is 0 Å². The molecule has 1 aromatic carbocycles. The van der Waals surface area contributed by atoms with Crippen molar-refractivity contribution in [3.8, 4) is 0 Å². The van der Waals surface area contributed by atoms with Crippen molar-refractivity contribution in [2.45, 2.75) is 33.2 Å². The van der Waals surface area contributed by atoms with Gasteiger partial charge in [-0.15, -0.1) is 0 Å². The minimum Gasteiger partial charge on any atom is -0.368 e.